The highest BCUT2D eigenvalue weighted by Crippen LogP contribution is 2.24. The molecule has 1 aliphatic heterocycles. The van der Waals surface area contributed by atoms with E-state index >= 15 is 0 Å². The van der Waals surface area contributed by atoms with Gasteiger partial charge in [-0.05, 0) is 24.6 Å². The lowest BCUT2D eigenvalue weighted by atomic mass is 10.2. The van der Waals surface area contributed by atoms with E-state index < -0.39 is 16.0 Å². The summed E-state index contributed by atoms with van der Waals surface area (Å²) >= 11 is 0. The van der Waals surface area contributed by atoms with Crippen molar-refractivity contribution in [3.63, 3.8) is 0 Å². The third-order valence-electron chi connectivity index (χ3n) is 2.50. The molecule has 3 N–H and O–H groups in total. The first-order valence-electron chi connectivity index (χ1n) is 5.21. The van der Waals surface area contributed by atoms with Crippen LogP contribution in [0.1, 0.15) is 16.8 Å². The van der Waals surface area contributed by atoms with E-state index in [9.17, 15) is 13.2 Å². The molecule has 0 saturated carbocycles. The summed E-state index contributed by atoms with van der Waals surface area (Å²) in [6.07, 6.45) is 0.580. The molecular formula is C10H12N2O5S. The number of carboxylic acid groups (broad SMARTS) is 1. The maximum atomic E-state index is 12.2. The standard InChI is InChI=1S/C10H12N2O5S/c11-7-2-3-9(8(6-7)10(13)14)18(15,16)12-4-1-5-17-12/h2-3,6H,1,4-5,11H2,(H,13,14). The zero-order valence-corrected chi connectivity index (χ0v) is 10.2. The van der Waals surface area contributed by atoms with Gasteiger partial charge in [-0.3, -0.25) is 4.84 Å². The van der Waals surface area contributed by atoms with Gasteiger partial charge >= 0.3 is 5.97 Å². The number of nitrogens with zero attached hydrogens (tertiary/aromatic N) is 1. The van der Waals surface area contributed by atoms with Crippen molar-refractivity contribution >= 4 is 21.7 Å². The second kappa shape index (κ2) is 4.56. The summed E-state index contributed by atoms with van der Waals surface area (Å²) in [4.78, 5) is 15.7. The quantitative estimate of drug-likeness (QED) is 0.765. The van der Waals surface area contributed by atoms with Gasteiger partial charge < -0.3 is 10.8 Å². The molecule has 1 aromatic carbocycles. The second-order valence-corrected chi connectivity index (χ2v) is 5.58. The van der Waals surface area contributed by atoms with E-state index in [2.05, 4.69) is 0 Å². The van der Waals surface area contributed by atoms with Crippen LogP contribution < -0.4 is 5.73 Å². The van der Waals surface area contributed by atoms with E-state index in [0.717, 1.165) is 10.5 Å². The zero-order valence-electron chi connectivity index (χ0n) is 9.37. The van der Waals surface area contributed by atoms with Crippen LogP contribution in [-0.2, 0) is 14.9 Å². The predicted molar refractivity (Wildman–Crippen MR) is 62.3 cm³/mol. The average molecular weight is 272 g/mol. The van der Waals surface area contributed by atoms with Crippen molar-refractivity contribution < 1.29 is 23.2 Å². The molecule has 7 nitrogen and oxygen atoms in total. The summed E-state index contributed by atoms with van der Waals surface area (Å²) in [5.74, 6) is -1.35. The number of hydrogen-bond donors (Lipinski definition) is 2. The second-order valence-electron chi connectivity index (χ2n) is 3.78. The van der Waals surface area contributed by atoms with E-state index in [4.69, 9.17) is 15.7 Å². The fourth-order valence-corrected chi connectivity index (χ4v) is 3.13. The molecule has 98 valence electrons. The number of carbonyl (C=O) groups is 1. The van der Waals surface area contributed by atoms with Crippen LogP contribution in [0.25, 0.3) is 0 Å². The largest absolute Gasteiger partial charge is 0.478 e. The number of benzene rings is 1. The lowest BCUT2D eigenvalue weighted by molar-refractivity contribution is -0.0285. The lowest BCUT2D eigenvalue weighted by Crippen LogP contribution is -2.28. The summed E-state index contributed by atoms with van der Waals surface area (Å²) in [7, 11) is -3.96. The Hall–Kier alpha value is -1.64. The molecule has 2 rings (SSSR count). The van der Waals surface area contributed by atoms with E-state index in [-0.39, 0.29) is 22.7 Å². The SMILES string of the molecule is Nc1ccc(S(=O)(=O)N2CCCO2)c(C(=O)O)c1. The number of nitrogens with two attached hydrogens (primary N) is 1. The van der Waals surface area contributed by atoms with Crippen molar-refractivity contribution in [2.75, 3.05) is 18.9 Å². The van der Waals surface area contributed by atoms with Gasteiger partial charge in [-0.25, -0.2) is 13.2 Å². The minimum Gasteiger partial charge on any atom is -0.478 e. The van der Waals surface area contributed by atoms with E-state index in [1.54, 1.807) is 0 Å². The van der Waals surface area contributed by atoms with Gasteiger partial charge in [-0.15, -0.1) is 0 Å². The fourth-order valence-electron chi connectivity index (χ4n) is 1.66. The Morgan fingerprint density at radius 2 is 2.17 bits per heavy atom. The van der Waals surface area contributed by atoms with Crippen LogP contribution in [-0.4, -0.2) is 37.1 Å². The monoisotopic (exact) mass is 272 g/mol. The van der Waals surface area contributed by atoms with Gasteiger partial charge in [0.2, 0.25) is 0 Å². The highest BCUT2D eigenvalue weighted by atomic mass is 32.2. The Balaban J connectivity index is 2.53. The highest BCUT2D eigenvalue weighted by molar-refractivity contribution is 7.89. The zero-order chi connectivity index (χ0) is 13.3. The molecule has 1 heterocycles. The normalized spacial score (nSPS) is 16.9. The van der Waals surface area contributed by atoms with Crippen molar-refractivity contribution in [2.24, 2.45) is 0 Å². The van der Waals surface area contributed by atoms with E-state index in [0.29, 0.717) is 13.0 Å². The van der Waals surface area contributed by atoms with Crippen LogP contribution >= 0.6 is 0 Å². The first-order valence-corrected chi connectivity index (χ1v) is 6.65. The number of sulfonamides is 1. The van der Waals surface area contributed by atoms with Gasteiger partial charge in [-0.2, -0.15) is 0 Å². The third-order valence-corrected chi connectivity index (χ3v) is 4.24. The lowest BCUT2D eigenvalue weighted by Gasteiger charge is -2.15. The first-order chi connectivity index (χ1) is 8.43. The molecule has 0 amide bonds. The maximum absolute atomic E-state index is 12.2. The minimum atomic E-state index is -3.96. The number of nitrogen functional groups attached to an aromatic ring is 1. The smallest absolute Gasteiger partial charge is 0.337 e. The van der Waals surface area contributed by atoms with Gasteiger partial charge in [0.15, 0.2) is 0 Å². The summed E-state index contributed by atoms with van der Waals surface area (Å²) in [5, 5.41) is 9.02. The number of rotatable bonds is 3. The molecule has 1 fully saturated rings. The number of anilines is 1. The van der Waals surface area contributed by atoms with Crippen molar-refractivity contribution in [2.45, 2.75) is 11.3 Å². The summed E-state index contributed by atoms with van der Waals surface area (Å²) in [6.45, 7) is 0.516. The maximum Gasteiger partial charge on any atom is 0.337 e. The predicted octanol–water partition coefficient (Wildman–Crippen LogP) is 0.293. The Morgan fingerprint density at radius 3 is 2.72 bits per heavy atom. The van der Waals surface area contributed by atoms with Gasteiger partial charge in [0.05, 0.1) is 17.1 Å². The first kappa shape index (κ1) is 12.8. The molecule has 0 unspecified atom stereocenters. The molecule has 18 heavy (non-hydrogen) atoms. The van der Waals surface area contributed by atoms with E-state index in [1.165, 1.54) is 12.1 Å². The molecule has 1 saturated heterocycles. The van der Waals surface area contributed by atoms with Gasteiger partial charge in [0, 0.05) is 12.2 Å². The van der Waals surface area contributed by atoms with Crippen molar-refractivity contribution in [1.29, 1.82) is 0 Å². The summed E-state index contributed by atoms with van der Waals surface area (Å²) in [6, 6.07) is 3.64. The van der Waals surface area contributed by atoms with Crippen LogP contribution in [0.2, 0.25) is 0 Å². The minimum absolute atomic E-state index is 0.189. The van der Waals surface area contributed by atoms with Gasteiger partial charge in [-0.1, -0.05) is 4.47 Å². The Labute approximate surface area is 104 Å². The van der Waals surface area contributed by atoms with Crippen LogP contribution in [0.4, 0.5) is 5.69 Å². The molecule has 8 heteroatoms. The van der Waals surface area contributed by atoms with Crippen molar-refractivity contribution in [1.82, 2.24) is 4.47 Å². The molecule has 1 aromatic rings. The summed E-state index contributed by atoms with van der Waals surface area (Å²) in [5.41, 5.74) is 5.29. The molecule has 1 aliphatic rings. The Kier molecular flexibility index (Phi) is 3.24. The topological polar surface area (TPSA) is 110 Å². The molecule has 0 bridgehead atoms. The number of carboxylic acids is 1. The molecule has 0 aliphatic carbocycles. The fraction of sp³-hybridized carbons (Fsp3) is 0.300. The number of hydrogen-bond acceptors (Lipinski definition) is 5. The van der Waals surface area contributed by atoms with Crippen LogP contribution in [0.5, 0.6) is 0 Å². The molecule has 0 aromatic heterocycles. The molecule has 0 radical (unpaired) electrons. The number of aromatic carboxylic acids is 1. The third kappa shape index (κ3) is 2.17. The molecular weight excluding hydrogens is 260 g/mol. The van der Waals surface area contributed by atoms with Crippen LogP contribution in [0.15, 0.2) is 23.1 Å². The van der Waals surface area contributed by atoms with Crippen LogP contribution in [0, 0.1) is 0 Å². The van der Waals surface area contributed by atoms with Crippen molar-refractivity contribution in [3.8, 4) is 0 Å². The van der Waals surface area contributed by atoms with Crippen molar-refractivity contribution in [3.05, 3.63) is 23.8 Å². The molecule has 0 atom stereocenters. The summed E-state index contributed by atoms with van der Waals surface area (Å²) < 4.78 is 25.1. The Morgan fingerprint density at radius 1 is 1.44 bits per heavy atom. The van der Waals surface area contributed by atoms with Gasteiger partial charge in [0.1, 0.15) is 0 Å². The number of hydroxylamine groups is 1. The van der Waals surface area contributed by atoms with E-state index in [1.807, 2.05) is 0 Å². The Bertz CT molecular complexity index is 578. The van der Waals surface area contributed by atoms with Gasteiger partial charge in [0.25, 0.3) is 10.0 Å². The van der Waals surface area contributed by atoms with Crippen LogP contribution in [0.3, 0.4) is 0 Å². The highest BCUT2D eigenvalue weighted by Gasteiger charge is 2.32. The molecule has 0 spiro atoms. The average Bonchev–Trinajstić information content (AvgIpc) is 2.82.